The molecule has 0 aliphatic rings. The van der Waals surface area contributed by atoms with E-state index in [1.165, 1.54) is 13.0 Å². The van der Waals surface area contributed by atoms with E-state index in [1.54, 1.807) is 0 Å². The molecule has 0 aromatic carbocycles. The number of pyridine rings is 1. The molecule has 0 aliphatic carbocycles. The number of nitrogens with two attached hydrogens (primary N) is 1. The predicted molar refractivity (Wildman–Crippen MR) is 47.8 cm³/mol. The highest BCUT2D eigenvalue weighted by Gasteiger charge is 2.30. The first-order valence-corrected chi connectivity index (χ1v) is 4.29. The van der Waals surface area contributed by atoms with Crippen molar-refractivity contribution in [1.29, 1.82) is 0 Å². The second-order valence-corrected chi connectivity index (χ2v) is 3.24. The average Bonchev–Trinajstić information content (AvgIpc) is 2.15. The van der Waals surface area contributed by atoms with Gasteiger partial charge in [0.05, 0.1) is 23.4 Å². The minimum Gasteiger partial charge on any atom is -0.391 e. The maximum absolute atomic E-state index is 12.2. The van der Waals surface area contributed by atoms with Crippen LogP contribution in [-0.2, 0) is 6.18 Å². The van der Waals surface area contributed by atoms with Gasteiger partial charge in [0.15, 0.2) is 0 Å². The smallest absolute Gasteiger partial charge is 0.391 e. The Morgan fingerprint density at radius 2 is 2.00 bits per heavy atom. The first-order valence-electron chi connectivity index (χ1n) is 4.29. The third-order valence-electron chi connectivity index (χ3n) is 1.97. The minimum atomic E-state index is -4.40. The second kappa shape index (κ2) is 4.16. The Labute approximate surface area is 84.7 Å². The third kappa shape index (κ3) is 2.90. The molecular formula is C9H11F3N2O. The van der Waals surface area contributed by atoms with E-state index in [4.69, 9.17) is 10.8 Å². The van der Waals surface area contributed by atoms with E-state index >= 15 is 0 Å². The summed E-state index contributed by atoms with van der Waals surface area (Å²) in [4.78, 5) is 3.56. The van der Waals surface area contributed by atoms with Gasteiger partial charge in [-0.05, 0) is 19.1 Å². The number of hydrogen-bond donors (Lipinski definition) is 2. The SMILES string of the molecule is C[C@@H](O)[C@@H](N)c1ccc(C(F)(F)F)cn1. The van der Waals surface area contributed by atoms with Crippen molar-refractivity contribution in [3.63, 3.8) is 0 Å². The first-order chi connectivity index (χ1) is 6.82. The van der Waals surface area contributed by atoms with Crippen LogP contribution in [0.4, 0.5) is 13.2 Å². The Kier molecular flexibility index (Phi) is 3.31. The number of nitrogens with zero attached hydrogens (tertiary/aromatic N) is 1. The molecule has 0 radical (unpaired) electrons. The van der Waals surface area contributed by atoms with Gasteiger partial charge in [-0.2, -0.15) is 13.2 Å². The van der Waals surface area contributed by atoms with Gasteiger partial charge in [0, 0.05) is 6.20 Å². The molecule has 1 rings (SSSR count). The van der Waals surface area contributed by atoms with Crippen LogP contribution in [0.1, 0.15) is 24.2 Å². The Morgan fingerprint density at radius 3 is 2.33 bits per heavy atom. The second-order valence-electron chi connectivity index (χ2n) is 3.24. The number of aromatic nitrogens is 1. The highest BCUT2D eigenvalue weighted by atomic mass is 19.4. The lowest BCUT2D eigenvalue weighted by Gasteiger charge is -2.14. The van der Waals surface area contributed by atoms with Crippen LogP contribution < -0.4 is 5.73 Å². The van der Waals surface area contributed by atoms with Crippen LogP contribution in [0, 0.1) is 0 Å². The zero-order valence-electron chi connectivity index (χ0n) is 7.99. The molecule has 0 amide bonds. The van der Waals surface area contributed by atoms with Gasteiger partial charge in [-0.3, -0.25) is 4.98 Å². The number of aliphatic hydroxyl groups is 1. The number of alkyl halides is 3. The lowest BCUT2D eigenvalue weighted by molar-refractivity contribution is -0.137. The van der Waals surface area contributed by atoms with E-state index in [2.05, 4.69) is 4.98 Å². The molecule has 0 bridgehead atoms. The molecule has 1 heterocycles. The van der Waals surface area contributed by atoms with Crippen molar-refractivity contribution in [1.82, 2.24) is 4.98 Å². The molecule has 0 fully saturated rings. The molecule has 6 heteroatoms. The van der Waals surface area contributed by atoms with Gasteiger partial charge in [0.25, 0.3) is 0 Å². The molecule has 0 aliphatic heterocycles. The van der Waals surface area contributed by atoms with E-state index < -0.39 is 23.9 Å². The topological polar surface area (TPSA) is 59.1 Å². The lowest BCUT2D eigenvalue weighted by atomic mass is 10.1. The molecule has 3 nitrogen and oxygen atoms in total. The monoisotopic (exact) mass is 220 g/mol. The summed E-state index contributed by atoms with van der Waals surface area (Å²) >= 11 is 0. The Balaban J connectivity index is 2.91. The molecule has 1 aromatic rings. The van der Waals surface area contributed by atoms with Gasteiger partial charge in [0.2, 0.25) is 0 Å². The zero-order chi connectivity index (χ0) is 11.6. The third-order valence-corrected chi connectivity index (χ3v) is 1.97. The molecule has 3 N–H and O–H groups in total. The van der Waals surface area contributed by atoms with Crippen molar-refractivity contribution in [3.05, 3.63) is 29.6 Å². The highest BCUT2D eigenvalue weighted by Crippen LogP contribution is 2.28. The standard InChI is InChI=1S/C9H11F3N2O/c1-5(15)8(13)7-3-2-6(4-14-7)9(10,11)12/h2-5,8,15H,13H2,1H3/t5-,8-/m1/s1. The molecule has 0 unspecified atom stereocenters. The fourth-order valence-electron chi connectivity index (χ4n) is 1.02. The molecule has 84 valence electrons. The van der Waals surface area contributed by atoms with Crippen molar-refractivity contribution >= 4 is 0 Å². The maximum atomic E-state index is 12.2. The molecule has 0 saturated heterocycles. The van der Waals surface area contributed by atoms with Crippen LogP contribution in [0.25, 0.3) is 0 Å². The summed E-state index contributed by atoms with van der Waals surface area (Å²) in [6, 6.07) is 1.29. The van der Waals surface area contributed by atoms with Crippen LogP contribution >= 0.6 is 0 Å². The quantitative estimate of drug-likeness (QED) is 0.793. The Hall–Kier alpha value is -1.14. The first kappa shape index (κ1) is 11.9. The van der Waals surface area contributed by atoms with Gasteiger partial charge >= 0.3 is 6.18 Å². The van der Waals surface area contributed by atoms with E-state index in [-0.39, 0.29) is 5.69 Å². The van der Waals surface area contributed by atoms with E-state index in [1.807, 2.05) is 0 Å². The van der Waals surface area contributed by atoms with Crippen molar-refractivity contribution in [2.45, 2.75) is 25.2 Å². The fourth-order valence-corrected chi connectivity index (χ4v) is 1.02. The van der Waals surface area contributed by atoms with Crippen LogP contribution in [0.5, 0.6) is 0 Å². The van der Waals surface area contributed by atoms with Gasteiger partial charge in [-0.25, -0.2) is 0 Å². The normalized spacial score (nSPS) is 16.1. The minimum absolute atomic E-state index is 0.234. The Morgan fingerprint density at radius 1 is 1.40 bits per heavy atom. The van der Waals surface area contributed by atoms with Crippen molar-refractivity contribution in [3.8, 4) is 0 Å². The van der Waals surface area contributed by atoms with Crippen LogP contribution in [0.3, 0.4) is 0 Å². The largest absolute Gasteiger partial charge is 0.417 e. The van der Waals surface area contributed by atoms with Gasteiger partial charge in [0.1, 0.15) is 0 Å². The summed E-state index contributed by atoms with van der Waals surface area (Å²) < 4.78 is 36.5. The number of aliphatic hydroxyl groups excluding tert-OH is 1. The van der Waals surface area contributed by atoms with E-state index in [0.717, 1.165) is 6.07 Å². The van der Waals surface area contributed by atoms with Crippen molar-refractivity contribution in [2.24, 2.45) is 5.73 Å². The van der Waals surface area contributed by atoms with Gasteiger partial charge in [-0.15, -0.1) is 0 Å². The molecular weight excluding hydrogens is 209 g/mol. The zero-order valence-corrected chi connectivity index (χ0v) is 7.99. The summed E-state index contributed by atoms with van der Waals surface area (Å²) in [7, 11) is 0. The van der Waals surface area contributed by atoms with Gasteiger partial charge < -0.3 is 10.8 Å². The number of rotatable bonds is 2. The average molecular weight is 220 g/mol. The lowest BCUT2D eigenvalue weighted by Crippen LogP contribution is -2.24. The molecule has 2 atom stereocenters. The van der Waals surface area contributed by atoms with E-state index in [9.17, 15) is 13.2 Å². The molecule has 0 saturated carbocycles. The van der Waals surface area contributed by atoms with Gasteiger partial charge in [-0.1, -0.05) is 0 Å². The van der Waals surface area contributed by atoms with Crippen molar-refractivity contribution in [2.75, 3.05) is 0 Å². The summed E-state index contributed by atoms with van der Waals surface area (Å²) in [6.07, 6.45) is -4.55. The number of halogens is 3. The molecule has 15 heavy (non-hydrogen) atoms. The van der Waals surface area contributed by atoms with Crippen LogP contribution in [0.15, 0.2) is 18.3 Å². The highest BCUT2D eigenvalue weighted by molar-refractivity contribution is 5.19. The summed E-state index contributed by atoms with van der Waals surface area (Å²) in [6.45, 7) is 1.45. The molecule has 0 spiro atoms. The number of hydrogen-bond acceptors (Lipinski definition) is 3. The maximum Gasteiger partial charge on any atom is 0.417 e. The Bertz CT molecular complexity index is 321. The predicted octanol–water partition coefficient (Wildman–Crippen LogP) is 1.48. The van der Waals surface area contributed by atoms with Crippen molar-refractivity contribution < 1.29 is 18.3 Å². The summed E-state index contributed by atoms with van der Waals surface area (Å²) in [5.41, 5.74) is 4.91. The summed E-state index contributed by atoms with van der Waals surface area (Å²) in [5.74, 6) is 0. The van der Waals surface area contributed by atoms with Crippen LogP contribution in [-0.4, -0.2) is 16.2 Å². The summed E-state index contributed by atoms with van der Waals surface area (Å²) in [5, 5.41) is 9.12. The fraction of sp³-hybridized carbons (Fsp3) is 0.444. The van der Waals surface area contributed by atoms with E-state index in [0.29, 0.717) is 6.20 Å². The molecule has 1 aromatic heterocycles. The van der Waals surface area contributed by atoms with Crippen LogP contribution in [0.2, 0.25) is 0 Å².